The minimum Gasteiger partial charge on any atom is -0.462 e. The standard InChI is InChI=1S/C16H25NO2S/c1-4-19-15(18)13-11-7-5-6-9-16(2,3)10-8-12(11)20-14(13)17/h4-10,17H2,1-3H3. The van der Waals surface area contributed by atoms with E-state index in [9.17, 15) is 4.79 Å². The second-order valence-electron chi connectivity index (χ2n) is 6.33. The van der Waals surface area contributed by atoms with Gasteiger partial charge in [-0.15, -0.1) is 11.3 Å². The zero-order valence-corrected chi connectivity index (χ0v) is 13.6. The molecule has 0 unspecified atom stereocenters. The Kier molecular flexibility index (Phi) is 4.74. The van der Waals surface area contributed by atoms with Crippen LogP contribution in [0.1, 0.15) is 67.3 Å². The summed E-state index contributed by atoms with van der Waals surface area (Å²) in [4.78, 5) is 13.4. The highest BCUT2D eigenvalue weighted by Crippen LogP contribution is 2.38. The number of fused-ring (bicyclic) bond motifs is 1. The molecule has 0 saturated heterocycles. The van der Waals surface area contributed by atoms with E-state index in [1.54, 1.807) is 11.3 Å². The van der Waals surface area contributed by atoms with Gasteiger partial charge in [-0.3, -0.25) is 0 Å². The maximum atomic E-state index is 12.1. The van der Waals surface area contributed by atoms with Gasteiger partial charge in [0.15, 0.2) is 0 Å². The molecule has 4 heteroatoms. The van der Waals surface area contributed by atoms with Crippen molar-refractivity contribution >= 4 is 22.3 Å². The van der Waals surface area contributed by atoms with E-state index in [0.717, 1.165) is 31.2 Å². The molecule has 1 aromatic heterocycles. The third-order valence-corrected chi connectivity index (χ3v) is 5.28. The van der Waals surface area contributed by atoms with Crippen molar-refractivity contribution in [1.82, 2.24) is 0 Å². The average Bonchev–Trinajstić information content (AvgIpc) is 2.70. The molecule has 3 nitrogen and oxygen atoms in total. The normalized spacial score (nSPS) is 18.6. The zero-order chi connectivity index (χ0) is 14.8. The molecule has 0 aromatic carbocycles. The number of hydrogen-bond donors (Lipinski definition) is 1. The molecule has 20 heavy (non-hydrogen) atoms. The lowest BCUT2D eigenvalue weighted by Gasteiger charge is -2.23. The number of carbonyl (C=O) groups excluding carboxylic acids is 1. The number of nitrogen functional groups attached to an aromatic ring is 1. The summed E-state index contributed by atoms with van der Waals surface area (Å²) in [7, 11) is 0. The van der Waals surface area contributed by atoms with E-state index in [1.165, 1.54) is 17.7 Å². The molecule has 1 heterocycles. The van der Waals surface area contributed by atoms with Crippen LogP contribution in [0.2, 0.25) is 0 Å². The highest BCUT2D eigenvalue weighted by atomic mass is 32.1. The Labute approximate surface area is 125 Å². The Morgan fingerprint density at radius 2 is 2.05 bits per heavy atom. The molecule has 2 N–H and O–H groups in total. The van der Waals surface area contributed by atoms with Gasteiger partial charge in [0.1, 0.15) is 5.00 Å². The number of thiophene rings is 1. The SMILES string of the molecule is CCOC(=O)c1c(N)sc2c1CCCCC(C)(C)CC2. The van der Waals surface area contributed by atoms with E-state index in [1.807, 2.05) is 6.92 Å². The van der Waals surface area contributed by atoms with Gasteiger partial charge in [-0.2, -0.15) is 0 Å². The maximum absolute atomic E-state index is 12.1. The van der Waals surface area contributed by atoms with Gasteiger partial charge in [-0.25, -0.2) is 4.79 Å². The number of nitrogens with two attached hydrogens (primary N) is 1. The van der Waals surface area contributed by atoms with Crippen molar-refractivity contribution in [3.8, 4) is 0 Å². The number of carbonyl (C=O) groups is 1. The smallest absolute Gasteiger partial charge is 0.341 e. The first-order valence-corrected chi connectivity index (χ1v) is 8.33. The zero-order valence-electron chi connectivity index (χ0n) is 12.8. The second kappa shape index (κ2) is 6.17. The molecule has 0 spiro atoms. The largest absolute Gasteiger partial charge is 0.462 e. The summed E-state index contributed by atoms with van der Waals surface area (Å²) in [5, 5.41) is 0.631. The fourth-order valence-electron chi connectivity index (χ4n) is 2.91. The number of aryl methyl sites for hydroxylation is 1. The third kappa shape index (κ3) is 3.35. The Morgan fingerprint density at radius 1 is 1.30 bits per heavy atom. The Hall–Kier alpha value is -1.03. The van der Waals surface area contributed by atoms with Crippen molar-refractivity contribution in [2.75, 3.05) is 12.3 Å². The van der Waals surface area contributed by atoms with Crippen LogP contribution in [-0.4, -0.2) is 12.6 Å². The Bertz CT molecular complexity index is 491. The van der Waals surface area contributed by atoms with Crippen LogP contribution in [0, 0.1) is 5.41 Å². The molecule has 1 aliphatic rings. The molecule has 0 bridgehead atoms. The number of hydrogen-bond acceptors (Lipinski definition) is 4. The Balaban J connectivity index is 2.32. The first kappa shape index (κ1) is 15.4. The van der Waals surface area contributed by atoms with Crippen molar-refractivity contribution in [3.05, 3.63) is 16.0 Å². The Morgan fingerprint density at radius 3 is 2.75 bits per heavy atom. The van der Waals surface area contributed by atoms with Crippen LogP contribution in [0.4, 0.5) is 5.00 Å². The summed E-state index contributed by atoms with van der Waals surface area (Å²) < 4.78 is 5.17. The summed E-state index contributed by atoms with van der Waals surface area (Å²) in [6.07, 6.45) is 6.72. The lowest BCUT2D eigenvalue weighted by molar-refractivity contribution is 0.0527. The molecular formula is C16H25NO2S. The third-order valence-electron chi connectivity index (χ3n) is 4.16. The summed E-state index contributed by atoms with van der Waals surface area (Å²) >= 11 is 1.58. The molecule has 0 aliphatic heterocycles. The van der Waals surface area contributed by atoms with Crippen molar-refractivity contribution < 1.29 is 9.53 Å². The van der Waals surface area contributed by atoms with Crippen molar-refractivity contribution in [3.63, 3.8) is 0 Å². The monoisotopic (exact) mass is 295 g/mol. The van der Waals surface area contributed by atoms with E-state index in [2.05, 4.69) is 13.8 Å². The topological polar surface area (TPSA) is 52.3 Å². The second-order valence-corrected chi connectivity index (χ2v) is 7.47. The lowest BCUT2D eigenvalue weighted by Crippen LogP contribution is -2.11. The minimum absolute atomic E-state index is 0.249. The van der Waals surface area contributed by atoms with Crippen LogP contribution in [-0.2, 0) is 17.6 Å². The van der Waals surface area contributed by atoms with Crippen molar-refractivity contribution in [1.29, 1.82) is 0 Å². The molecule has 0 atom stereocenters. The molecule has 2 rings (SSSR count). The van der Waals surface area contributed by atoms with Gasteiger partial charge in [0, 0.05) is 4.88 Å². The minimum atomic E-state index is -0.249. The van der Waals surface area contributed by atoms with E-state index >= 15 is 0 Å². The number of rotatable bonds is 2. The van der Waals surface area contributed by atoms with Crippen molar-refractivity contribution in [2.24, 2.45) is 5.41 Å². The molecular weight excluding hydrogens is 270 g/mol. The molecule has 1 aromatic rings. The summed E-state index contributed by atoms with van der Waals surface area (Å²) in [6, 6.07) is 0. The van der Waals surface area contributed by atoms with Gasteiger partial charge < -0.3 is 10.5 Å². The molecule has 0 amide bonds. The van der Waals surface area contributed by atoms with Gasteiger partial charge in [-0.05, 0) is 50.0 Å². The summed E-state index contributed by atoms with van der Waals surface area (Å²) in [5.41, 5.74) is 8.26. The first-order valence-electron chi connectivity index (χ1n) is 7.52. The number of esters is 1. The molecule has 0 radical (unpaired) electrons. The molecule has 112 valence electrons. The predicted molar refractivity (Wildman–Crippen MR) is 84.3 cm³/mol. The lowest BCUT2D eigenvalue weighted by atomic mass is 9.83. The highest BCUT2D eigenvalue weighted by Gasteiger charge is 2.26. The summed E-state index contributed by atoms with van der Waals surface area (Å²) in [6.45, 7) is 6.90. The van der Waals surface area contributed by atoms with E-state index in [0.29, 0.717) is 22.6 Å². The van der Waals surface area contributed by atoms with Gasteiger partial charge in [0.05, 0.1) is 12.2 Å². The van der Waals surface area contributed by atoms with Crippen LogP contribution in [0.5, 0.6) is 0 Å². The highest BCUT2D eigenvalue weighted by molar-refractivity contribution is 7.16. The van der Waals surface area contributed by atoms with Crippen LogP contribution >= 0.6 is 11.3 Å². The first-order chi connectivity index (χ1) is 9.44. The van der Waals surface area contributed by atoms with E-state index in [-0.39, 0.29) is 5.97 Å². The van der Waals surface area contributed by atoms with E-state index < -0.39 is 0 Å². The quantitative estimate of drug-likeness (QED) is 0.832. The maximum Gasteiger partial charge on any atom is 0.341 e. The number of ether oxygens (including phenoxy) is 1. The number of anilines is 1. The van der Waals surface area contributed by atoms with E-state index in [4.69, 9.17) is 10.5 Å². The van der Waals surface area contributed by atoms with Gasteiger partial charge in [-0.1, -0.05) is 20.3 Å². The van der Waals surface area contributed by atoms with Crippen molar-refractivity contribution in [2.45, 2.75) is 59.3 Å². The fraction of sp³-hybridized carbons (Fsp3) is 0.688. The van der Waals surface area contributed by atoms with Crippen LogP contribution < -0.4 is 5.73 Å². The average molecular weight is 295 g/mol. The van der Waals surface area contributed by atoms with Gasteiger partial charge in [0.2, 0.25) is 0 Å². The fourth-order valence-corrected chi connectivity index (χ4v) is 4.01. The van der Waals surface area contributed by atoms with Crippen LogP contribution in [0.15, 0.2) is 0 Å². The predicted octanol–water partition coefficient (Wildman–Crippen LogP) is 4.19. The van der Waals surface area contributed by atoms with Crippen LogP contribution in [0.3, 0.4) is 0 Å². The molecule has 1 aliphatic carbocycles. The molecule has 0 saturated carbocycles. The molecule has 0 fully saturated rings. The van der Waals surface area contributed by atoms with Crippen LogP contribution in [0.25, 0.3) is 0 Å². The summed E-state index contributed by atoms with van der Waals surface area (Å²) in [5.74, 6) is -0.249. The van der Waals surface area contributed by atoms with Gasteiger partial charge in [0.25, 0.3) is 0 Å². The van der Waals surface area contributed by atoms with Gasteiger partial charge >= 0.3 is 5.97 Å².